The van der Waals surface area contributed by atoms with E-state index in [-0.39, 0.29) is 0 Å². The SMILES string of the molecule is CC[N+]1=Cc2ccccc2-c2ccccc2C1. The number of rotatable bonds is 1. The van der Waals surface area contributed by atoms with Crippen molar-refractivity contribution in [2.75, 3.05) is 6.54 Å². The van der Waals surface area contributed by atoms with E-state index in [0.29, 0.717) is 0 Å². The van der Waals surface area contributed by atoms with Crippen LogP contribution in [0.4, 0.5) is 0 Å². The molecule has 2 aromatic carbocycles. The third-order valence-electron chi connectivity index (χ3n) is 3.37. The van der Waals surface area contributed by atoms with Gasteiger partial charge in [-0.05, 0) is 24.1 Å². The average molecular weight is 222 g/mol. The molecule has 1 aliphatic rings. The molecule has 0 atom stereocenters. The molecule has 1 nitrogen and oxygen atoms in total. The number of benzene rings is 2. The van der Waals surface area contributed by atoms with Gasteiger partial charge < -0.3 is 0 Å². The van der Waals surface area contributed by atoms with Crippen molar-refractivity contribution in [1.82, 2.24) is 0 Å². The van der Waals surface area contributed by atoms with E-state index in [1.165, 1.54) is 22.3 Å². The van der Waals surface area contributed by atoms with Gasteiger partial charge in [-0.1, -0.05) is 42.5 Å². The smallest absolute Gasteiger partial charge is 0.171 e. The second-order valence-corrected chi connectivity index (χ2v) is 4.44. The Hall–Kier alpha value is -1.89. The normalized spacial score (nSPS) is 13.4. The third-order valence-corrected chi connectivity index (χ3v) is 3.37. The fourth-order valence-corrected chi connectivity index (χ4v) is 2.44. The zero-order chi connectivity index (χ0) is 11.7. The maximum Gasteiger partial charge on any atom is 0.171 e. The number of nitrogens with zero attached hydrogens (tertiary/aromatic N) is 1. The van der Waals surface area contributed by atoms with E-state index < -0.39 is 0 Å². The second-order valence-electron chi connectivity index (χ2n) is 4.44. The molecule has 0 fully saturated rings. The Morgan fingerprint density at radius 3 is 2.47 bits per heavy atom. The van der Waals surface area contributed by atoms with E-state index in [1.807, 2.05) is 0 Å². The van der Waals surface area contributed by atoms with Gasteiger partial charge in [0.05, 0.1) is 0 Å². The van der Waals surface area contributed by atoms with Crippen molar-refractivity contribution in [2.24, 2.45) is 0 Å². The molecule has 1 aliphatic heterocycles. The number of fused-ring (bicyclic) bond motifs is 3. The monoisotopic (exact) mass is 222 g/mol. The first-order valence-electron chi connectivity index (χ1n) is 6.14. The first-order chi connectivity index (χ1) is 8.38. The molecule has 1 heteroatoms. The first kappa shape index (κ1) is 10.3. The molecular formula is C16H16N+. The van der Waals surface area contributed by atoms with Gasteiger partial charge in [0.25, 0.3) is 0 Å². The Morgan fingerprint density at radius 2 is 1.65 bits per heavy atom. The van der Waals surface area contributed by atoms with E-state index >= 15 is 0 Å². The minimum atomic E-state index is 1.00. The summed E-state index contributed by atoms with van der Waals surface area (Å²) < 4.78 is 2.37. The van der Waals surface area contributed by atoms with Gasteiger partial charge in [0.1, 0.15) is 6.54 Å². The van der Waals surface area contributed by atoms with Crippen molar-refractivity contribution in [3.05, 3.63) is 59.7 Å². The van der Waals surface area contributed by atoms with Crippen LogP contribution in [0, 0.1) is 0 Å². The maximum absolute atomic E-state index is 2.37. The zero-order valence-electron chi connectivity index (χ0n) is 10.1. The van der Waals surface area contributed by atoms with Gasteiger partial charge in [-0.25, -0.2) is 4.58 Å². The Kier molecular flexibility index (Phi) is 2.52. The summed E-state index contributed by atoms with van der Waals surface area (Å²) in [5.74, 6) is 0. The van der Waals surface area contributed by atoms with E-state index in [1.54, 1.807) is 0 Å². The van der Waals surface area contributed by atoms with Gasteiger partial charge in [0, 0.05) is 11.1 Å². The van der Waals surface area contributed by atoms with Crippen LogP contribution >= 0.6 is 0 Å². The molecule has 0 bridgehead atoms. The summed E-state index contributed by atoms with van der Waals surface area (Å²) in [5, 5.41) is 0. The van der Waals surface area contributed by atoms with E-state index in [0.717, 1.165) is 13.1 Å². The molecule has 0 unspecified atom stereocenters. The molecule has 1 heterocycles. The first-order valence-corrected chi connectivity index (χ1v) is 6.14. The highest BCUT2D eigenvalue weighted by atomic mass is 15.0. The van der Waals surface area contributed by atoms with Crippen molar-refractivity contribution in [3.63, 3.8) is 0 Å². The average Bonchev–Trinajstić information content (AvgIpc) is 2.55. The lowest BCUT2D eigenvalue weighted by molar-refractivity contribution is -0.535. The predicted molar refractivity (Wildman–Crippen MR) is 71.5 cm³/mol. The van der Waals surface area contributed by atoms with Crippen LogP contribution in [-0.2, 0) is 6.54 Å². The van der Waals surface area contributed by atoms with Gasteiger partial charge in [-0.3, -0.25) is 0 Å². The summed E-state index contributed by atoms with van der Waals surface area (Å²) in [6, 6.07) is 17.3. The molecule has 0 amide bonds. The molecule has 17 heavy (non-hydrogen) atoms. The minimum absolute atomic E-state index is 1.00. The molecule has 0 aliphatic carbocycles. The van der Waals surface area contributed by atoms with Gasteiger partial charge in [0.15, 0.2) is 12.8 Å². The lowest BCUT2D eigenvalue weighted by Gasteiger charge is -2.05. The lowest BCUT2D eigenvalue weighted by atomic mass is 9.97. The van der Waals surface area contributed by atoms with Crippen LogP contribution in [0.25, 0.3) is 11.1 Å². The van der Waals surface area contributed by atoms with Gasteiger partial charge in [-0.15, -0.1) is 0 Å². The molecule has 0 saturated heterocycles. The van der Waals surface area contributed by atoms with Crippen LogP contribution in [0.1, 0.15) is 18.1 Å². The molecule has 0 aromatic heterocycles. The van der Waals surface area contributed by atoms with Crippen LogP contribution in [0.3, 0.4) is 0 Å². The Bertz CT molecular complexity index is 582. The Morgan fingerprint density at radius 1 is 0.941 bits per heavy atom. The Balaban J connectivity index is 2.29. The summed E-state index contributed by atoms with van der Waals surface area (Å²) in [4.78, 5) is 0. The number of hydrogen-bond donors (Lipinski definition) is 0. The van der Waals surface area contributed by atoms with E-state index in [2.05, 4.69) is 66.2 Å². The summed E-state index contributed by atoms with van der Waals surface area (Å²) in [6.45, 7) is 4.25. The van der Waals surface area contributed by atoms with Crippen LogP contribution in [-0.4, -0.2) is 17.3 Å². The highest BCUT2D eigenvalue weighted by molar-refractivity contribution is 5.89. The molecule has 2 aromatic rings. The summed E-state index contributed by atoms with van der Waals surface area (Å²) in [7, 11) is 0. The number of hydrogen-bond acceptors (Lipinski definition) is 0. The largest absolute Gasteiger partial charge is 0.231 e. The predicted octanol–water partition coefficient (Wildman–Crippen LogP) is 3.32. The highest BCUT2D eigenvalue weighted by Gasteiger charge is 2.17. The quantitative estimate of drug-likeness (QED) is 0.651. The van der Waals surface area contributed by atoms with E-state index in [4.69, 9.17) is 0 Å². The standard InChI is InChI=1S/C16H16N/c1-2-17-11-13-7-3-5-9-15(13)16-10-6-4-8-14(16)12-17/h3-11H,2,12H2,1H3/q+1. The third kappa shape index (κ3) is 1.78. The summed E-state index contributed by atoms with van der Waals surface area (Å²) >= 11 is 0. The fraction of sp³-hybridized carbons (Fsp3) is 0.188. The molecule has 0 N–H and O–H groups in total. The van der Waals surface area contributed by atoms with Crippen LogP contribution in [0.2, 0.25) is 0 Å². The van der Waals surface area contributed by atoms with Crippen LogP contribution in [0.15, 0.2) is 48.5 Å². The van der Waals surface area contributed by atoms with Crippen molar-refractivity contribution in [3.8, 4) is 11.1 Å². The van der Waals surface area contributed by atoms with E-state index in [9.17, 15) is 0 Å². The van der Waals surface area contributed by atoms with Gasteiger partial charge >= 0.3 is 0 Å². The van der Waals surface area contributed by atoms with Gasteiger partial charge in [-0.2, -0.15) is 0 Å². The molecule has 3 rings (SSSR count). The fourth-order valence-electron chi connectivity index (χ4n) is 2.44. The summed E-state index contributed by atoms with van der Waals surface area (Å²) in [5.41, 5.74) is 5.45. The lowest BCUT2D eigenvalue weighted by Crippen LogP contribution is -2.11. The Labute approximate surface area is 102 Å². The van der Waals surface area contributed by atoms with Crippen molar-refractivity contribution in [2.45, 2.75) is 13.5 Å². The van der Waals surface area contributed by atoms with Crippen molar-refractivity contribution in [1.29, 1.82) is 0 Å². The molecule has 0 saturated carbocycles. The van der Waals surface area contributed by atoms with Crippen LogP contribution in [0.5, 0.6) is 0 Å². The molecule has 84 valence electrons. The highest BCUT2D eigenvalue weighted by Crippen LogP contribution is 2.28. The zero-order valence-corrected chi connectivity index (χ0v) is 10.1. The van der Waals surface area contributed by atoms with Crippen LogP contribution < -0.4 is 0 Å². The molecular weight excluding hydrogens is 206 g/mol. The maximum atomic E-state index is 2.37. The molecule has 0 radical (unpaired) electrons. The minimum Gasteiger partial charge on any atom is -0.231 e. The molecule has 0 spiro atoms. The van der Waals surface area contributed by atoms with Crippen molar-refractivity contribution >= 4 is 6.21 Å². The van der Waals surface area contributed by atoms with Gasteiger partial charge in [0.2, 0.25) is 0 Å². The summed E-state index contributed by atoms with van der Waals surface area (Å²) in [6.07, 6.45) is 2.27. The second kappa shape index (κ2) is 4.17. The topological polar surface area (TPSA) is 3.01 Å². The van der Waals surface area contributed by atoms with Crippen molar-refractivity contribution < 1.29 is 4.58 Å².